The zero-order valence-electron chi connectivity index (χ0n) is 11.9. The van der Waals surface area contributed by atoms with Gasteiger partial charge in [0.1, 0.15) is 0 Å². The van der Waals surface area contributed by atoms with Crippen molar-refractivity contribution < 1.29 is 4.52 Å². The van der Waals surface area contributed by atoms with E-state index in [0.717, 1.165) is 31.1 Å². The van der Waals surface area contributed by atoms with Crippen LogP contribution in [0.1, 0.15) is 55.8 Å². The maximum atomic E-state index is 5.57. The van der Waals surface area contributed by atoms with Gasteiger partial charge in [0.25, 0.3) is 0 Å². The summed E-state index contributed by atoms with van der Waals surface area (Å²) < 4.78 is 5.57. The standard InChI is InChI=1S/C16H19N3O/c1-16(2)9-12(16)14-18-15(20-19-14)11-7-8-17-13-6-4-3-5-10(11)13/h3-6,11-12,17H,7-9H2,1-2H3. The summed E-state index contributed by atoms with van der Waals surface area (Å²) in [6, 6.07) is 8.39. The summed E-state index contributed by atoms with van der Waals surface area (Å²) in [5.41, 5.74) is 2.80. The second-order valence-electron chi connectivity index (χ2n) is 6.59. The quantitative estimate of drug-likeness (QED) is 0.906. The van der Waals surface area contributed by atoms with Crippen LogP contribution in [0.15, 0.2) is 28.8 Å². The highest BCUT2D eigenvalue weighted by Gasteiger charge is 2.49. The molecule has 2 heterocycles. The third kappa shape index (κ3) is 1.82. The van der Waals surface area contributed by atoms with E-state index in [9.17, 15) is 0 Å². The molecule has 1 aromatic heterocycles. The molecule has 0 radical (unpaired) electrons. The highest BCUT2D eigenvalue weighted by molar-refractivity contribution is 5.56. The Hall–Kier alpha value is -1.84. The number of para-hydroxylation sites is 1. The van der Waals surface area contributed by atoms with Crippen molar-refractivity contribution in [2.24, 2.45) is 5.41 Å². The van der Waals surface area contributed by atoms with Gasteiger partial charge >= 0.3 is 0 Å². The van der Waals surface area contributed by atoms with Crippen molar-refractivity contribution in [3.8, 4) is 0 Å². The van der Waals surface area contributed by atoms with Gasteiger partial charge in [0, 0.05) is 18.2 Å². The van der Waals surface area contributed by atoms with Crippen LogP contribution in [0.2, 0.25) is 0 Å². The first-order valence-corrected chi connectivity index (χ1v) is 7.31. The summed E-state index contributed by atoms with van der Waals surface area (Å²) in [7, 11) is 0. The van der Waals surface area contributed by atoms with E-state index < -0.39 is 0 Å². The molecule has 0 bridgehead atoms. The van der Waals surface area contributed by atoms with Gasteiger partial charge in [-0.1, -0.05) is 37.2 Å². The van der Waals surface area contributed by atoms with Gasteiger partial charge in [-0.2, -0.15) is 4.98 Å². The molecule has 4 nitrogen and oxygen atoms in total. The molecule has 1 saturated carbocycles. The number of hydrogen-bond acceptors (Lipinski definition) is 4. The largest absolute Gasteiger partial charge is 0.385 e. The summed E-state index contributed by atoms with van der Waals surface area (Å²) in [4.78, 5) is 4.68. The molecule has 4 heteroatoms. The Morgan fingerprint density at radius 1 is 1.30 bits per heavy atom. The molecule has 20 heavy (non-hydrogen) atoms. The Kier molecular flexibility index (Phi) is 2.43. The Bertz CT molecular complexity index is 647. The molecule has 2 aromatic rings. The fourth-order valence-electron chi connectivity index (χ4n) is 3.16. The molecular weight excluding hydrogens is 250 g/mol. The number of nitrogens with one attached hydrogen (secondary N) is 1. The first kappa shape index (κ1) is 11.9. The molecule has 2 atom stereocenters. The first-order chi connectivity index (χ1) is 9.65. The molecule has 1 aromatic carbocycles. The van der Waals surface area contributed by atoms with E-state index in [1.54, 1.807) is 0 Å². The lowest BCUT2D eigenvalue weighted by Crippen LogP contribution is -2.17. The Balaban J connectivity index is 1.66. The Morgan fingerprint density at radius 2 is 2.10 bits per heavy atom. The van der Waals surface area contributed by atoms with Crippen molar-refractivity contribution in [1.29, 1.82) is 0 Å². The van der Waals surface area contributed by atoms with E-state index in [1.807, 2.05) is 0 Å². The lowest BCUT2D eigenvalue weighted by molar-refractivity contribution is 0.355. The molecule has 0 saturated heterocycles. The Morgan fingerprint density at radius 3 is 2.90 bits per heavy atom. The van der Waals surface area contributed by atoms with Gasteiger partial charge in [0.15, 0.2) is 5.82 Å². The van der Waals surface area contributed by atoms with Crippen molar-refractivity contribution in [3.05, 3.63) is 41.5 Å². The molecule has 1 aliphatic carbocycles. The summed E-state index contributed by atoms with van der Waals surface area (Å²) in [5.74, 6) is 2.37. The molecule has 2 unspecified atom stereocenters. The topological polar surface area (TPSA) is 51.0 Å². The smallest absolute Gasteiger partial charge is 0.234 e. The third-order valence-electron chi connectivity index (χ3n) is 4.67. The predicted octanol–water partition coefficient (Wildman–Crippen LogP) is 3.53. The van der Waals surface area contributed by atoms with Crippen LogP contribution in [0.25, 0.3) is 0 Å². The highest BCUT2D eigenvalue weighted by atomic mass is 16.5. The van der Waals surface area contributed by atoms with Gasteiger partial charge in [-0.3, -0.25) is 0 Å². The minimum Gasteiger partial charge on any atom is -0.385 e. The molecule has 4 rings (SSSR count). The number of anilines is 1. The number of nitrogens with zero attached hydrogens (tertiary/aromatic N) is 2. The molecular formula is C16H19N3O. The van der Waals surface area contributed by atoms with Gasteiger partial charge < -0.3 is 9.84 Å². The molecule has 104 valence electrons. The second-order valence-corrected chi connectivity index (χ2v) is 6.59. The molecule has 1 aliphatic heterocycles. The molecule has 1 fully saturated rings. The first-order valence-electron chi connectivity index (χ1n) is 7.31. The molecule has 0 amide bonds. The van der Waals surface area contributed by atoms with Crippen molar-refractivity contribution in [2.45, 2.75) is 38.5 Å². The summed E-state index contributed by atoms with van der Waals surface area (Å²) in [6.45, 7) is 5.47. The van der Waals surface area contributed by atoms with Crippen LogP contribution in [0.3, 0.4) is 0 Å². The minimum atomic E-state index is 0.232. The Labute approximate surface area is 118 Å². The van der Waals surface area contributed by atoms with Gasteiger partial charge in [-0.05, 0) is 29.9 Å². The van der Waals surface area contributed by atoms with Crippen LogP contribution < -0.4 is 5.32 Å². The average molecular weight is 269 g/mol. The number of aromatic nitrogens is 2. The maximum Gasteiger partial charge on any atom is 0.234 e. The summed E-state index contributed by atoms with van der Waals surface area (Å²) in [5, 5.41) is 7.64. The van der Waals surface area contributed by atoms with Gasteiger partial charge in [-0.15, -0.1) is 0 Å². The van der Waals surface area contributed by atoms with Crippen LogP contribution >= 0.6 is 0 Å². The number of fused-ring (bicyclic) bond motifs is 1. The van der Waals surface area contributed by atoms with Gasteiger partial charge in [-0.25, -0.2) is 0 Å². The van der Waals surface area contributed by atoms with Crippen LogP contribution in [0, 0.1) is 5.41 Å². The van der Waals surface area contributed by atoms with Crippen molar-refractivity contribution in [1.82, 2.24) is 10.1 Å². The number of rotatable bonds is 2. The van der Waals surface area contributed by atoms with E-state index in [2.05, 4.69) is 53.6 Å². The monoisotopic (exact) mass is 269 g/mol. The zero-order valence-corrected chi connectivity index (χ0v) is 11.9. The number of hydrogen-bond donors (Lipinski definition) is 1. The van der Waals surface area contributed by atoms with E-state index >= 15 is 0 Å². The lowest BCUT2D eigenvalue weighted by Gasteiger charge is -2.23. The molecule has 2 aliphatic rings. The van der Waals surface area contributed by atoms with E-state index in [1.165, 1.54) is 11.3 Å². The van der Waals surface area contributed by atoms with Gasteiger partial charge in [0.05, 0.1) is 5.92 Å². The second kappa shape index (κ2) is 4.08. The van der Waals surface area contributed by atoms with Crippen LogP contribution in [0.5, 0.6) is 0 Å². The highest BCUT2D eigenvalue weighted by Crippen LogP contribution is 2.57. The summed E-state index contributed by atoms with van der Waals surface area (Å²) >= 11 is 0. The predicted molar refractivity (Wildman–Crippen MR) is 76.8 cm³/mol. The normalized spacial score (nSPS) is 26.7. The van der Waals surface area contributed by atoms with Crippen LogP contribution in [-0.2, 0) is 0 Å². The van der Waals surface area contributed by atoms with Crippen LogP contribution in [0.4, 0.5) is 5.69 Å². The maximum absolute atomic E-state index is 5.57. The zero-order chi connectivity index (χ0) is 13.7. The fourth-order valence-corrected chi connectivity index (χ4v) is 3.16. The average Bonchev–Trinajstić information content (AvgIpc) is 2.89. The van der Waals surface area contributed by atoms with Crippen molar-refractivity contribution in [3.63, 3.8) is 0 Å². The van der Waals surface area contributed by atoms with Crippen LogP contribution in [-0.4, -0.2) is 16.7 Å². The minimum absolute atomic E-state index is 0.232. The molecule has 0 spiro atoms. The van der Waals surface area contributed by atoms with E-state index in [4.69, 9.17) is 4.52 Å². The van der Waals surface area contributed by atoms with Crippen molar-refractivity contribution in [2.75, 3.05) is 11.9 Å². The lowest BCUT2D eigenvalue weighted by atomic mass is 9.91. The summed E-state index contributed by atoms with van der Waals surface area (Å²) in [6.07, 6.45) is 2.17. The SMILES string of the molecule is CC1(C)CC1c1noc(C2CCNc3ccccc32)n1. The number of benzene rings is 1. The van der Waals surface area contributed by atoms with Crippen molar-refractivity contribution >= 4 is 5.69 Å². The fraction of sp³-hybridized carbons (Fsp3) is 0.500. The van der Waals surface area contributed by atoms with Gasteiger partial charge in [0.2, 0.25) is 5.89 Å². The van der Waals surface area contributed by atoms with E-state index in [0.29, 0.717) is 11.3 Å². The van der Waals surface area contributed by atoms with E-state index in [-0.39, 0.29) is 5.92 Å². The molecule has 1 N–H and O–H groups in total. The third-order valence-corrected chi connectivity index (χ3v) is 4.67.